The van der Waals surface area contributed by atoms with Gasteiger partial charge in [0.25, 0.3) is 15.9 Å². The Labute approximate surface area is 263 Å². The largest absolute Gasteiger partial charge is 0.496 e. The minimum atomic E-state index is -4.46. The van der Waals surface area contributed by atoms with Crippen LogP contribution in [0.1, 0.15) is 42.4 Å². The Balaban J connectivity index is 1.62. The first-order valence-corrected chi connectivity index (χ1v) is 16.6. The number of hydrogen-bond donors (Lipinski definition) is 0. The summed E-state index contributed by atoms with van der Waals surface area (Å²) < 4.78 is 35.3. The van der Waals surface area contributed by atoms with E-state index in [0.29, 0.717) is 41.3 Å². The Morgan fingerprint density at radius 2 is 1.82 bits per heavy atom. The van der Waals surface area contributed by atoms with Crippen LogP contribution in [0.15, 0.2) is 65.8 Å². The van der Waals surface area contributed by atoms with E-state index in [-0.39, 0.29) is 16.6 Å². The molecular weight excluding hydrogens is 602 g/mol. The van der Waals surface area contributed by atoms with Gasteiger partial charge in [0.2, 0.25) is 5.91 Å². The normalized spacial score (nSPS) is 22.4. The molecule has 2 fully saturated rings. The molecule has 232 valence electrons. The van der Waals surface area contributed by atoms with Gasteiger partial charge in [-0.15, -0.1) is 0 Å². The molecule has 0 N–H and O–H groups in total. The maximum absolute atomic E-state index is 15.2. The first-order valence-electron chi connectivity index (χ1n) is 14.8. The van der Waals surface area contributed by atoms with Crippen molar-refractivity contribution < 1.29 is 22.7 Å². The van der Waals surface area contributed by atoms with Crippen LogP contribution in [0, 0.1) is 0 Å². The highest BCUT2D eigenvalue weighted by atomic mass is 35.5. The van der Waals surface area contributed by atoms with Crippen molar-refractivity contribution in [1.82, 2.24) is 19.7 Å². The number of likely N-dealkylation sites (tertiary alicyclic amines) is 2. The number of carbonyl (C=O) groups is 2. The molecule has 2 aromatic carbocycles. The molecular formula is C32H36ClN5O5S. The molecule has 0 bridgehead atoms. The van der Waals surface area contributed by atoms with Gasteiger partial charge in [-0.05, 0) is 80.7 Å². The third kappa shape index (κ3) is 4.86. The van der Waals surface area contributed by atoms with Crippen molar-refractivity contribution in [2.75, 3.05) is 45.1 Å². The molecule has 3 aromatic rings. The van der Waals surface area contributed by atoms with Gasteiger partial charge in [-0.3, -0.25) is 19.4 Å². The number of pyridine rings is 1. The second-order valence-electron chi connectivity index (χ2n) is 11.7. The van der Waals surface area contributed by atoms with Gasteiger partial charge in [0.05, 0.1) is 18.8 Å². The number of halogens is 1. The molecule has 2 atom stereocenters. The summed E-state index contributed by atoms with van der Waals surface area (Å²) in [5.74, 6) is -0.473. The molecule has 0 aliphatic carbocycles. The minimum absolute atomic E-state index is 0.163. The molecule has 1 unspecified atom stereocenters. The lowest BCUT2D eigenvalue weighted by molar-refractivity contribution is -0.138. The molecule has 6 rings (SSSR count). The number of likely N-dealkylation sites (N-methyl/N-ethyl adjacent to an activating group) is 1. The standard InChI is InChI=1S/C32H36ClN5O5S/c1-35(2)30(39)27-9-8-18-37(27)32(24-13-11-22(19-28(24)43-3)21-36-16-6-7-17-36)25-20-23(33)12-14-26(25)38(31(32)40)44(41,42)29-10-4-5-15-34-29/h4-5,10-15,19-20,27H,6-9,16-18,21H2,1-3H3/t27-,32?/m0/s1. The van der Waals surface area contributed by atoms with Crippen molar-refractivity contribution in [2.24, 2.45) is 0 Å². The molecule has 2 saturated heterocycles. The molecule has 1 aromatic heterocycles. The van der Waals surface area contributed by atoms with Gasteiger partial charge in [-0.25, -0.2) is 4.98 Å². The summed E-state index contributed by atoms with van der Waals surface area (Å²) in [7, 11) is 0.439. The molecule has 2 amide bonds. The summed E-state index contributed by atoms with van der Waals surface area (Å²) in [6.07, 6.45) is 4.82. The van der Waals surface area contributed by atoms with E-state index in [2.05, 4.69) is 9.88 Å². The summed E-state index contributed by atoms with van der Waals surface area (Å²) in [5, 5.41) is 0.0672. The van der Waals surface area contributed by atoms with E-state index in [1.807, 2.05) is 23.1 Å². The SMILES string of the molecule is COc1cc(CN2CCCC2)ccc1C1(N2CCC[C@H]2C(=O)N(C)C)C(=O)N(S(=O)(=O)c2ccccn2)c2ccc(Cl)cc21. The van der Waals surface area contributed by atoms with Gasteiger partial charge in [0, 0.05) is 49.5 Å². The maximum Gasteiger partial charge on any atom is 0.288 e. The van der Waals surface area contributed by atoms with Gasteiger partial charge >= 0.3 is 0 Å². The fraction of sp³-hybridized carbons (Fsp3) is 0.406. The third-order valence-electron chi connectivity index (χ3n) is 8.87. The lowest BCUT2D eigenvalue weighted by atomic mass is 9.80. The van der Waals surface area contributed by atoms with Gasteiger partial charge < -0.3 is 9.64 Å². The zero-order chi connectivity index (χ0) is 31.2. The van der Waals surface area contributed by atoms with Crippen LogP contribution in [0.2, 0.25) is 5.02 Å². The Kier molecular flexibility index (Phi) is 8.17. The number of fused-ring (bicyclic) bond motifs is 1. The smallest absolute Gasteiger partial charge is 0.288 e. The number of ether oxygens (including phenoxy) is 1. The fourth-order valence-corrected chi connectivity index (χ4v) is 8.50. The molecule has 44 heavy (non-hydrogen) atoms. The van der Waals surface area contributed by atoms with Gasteiger partial charge in [0.15, 0.2) is 10.6 Å². The number of rotatable bonds is 8. The second kappa shape index (κ2) is 11.8. The minimum Gasteiger partial charge on any atom is -0.496 e. The zero-order valence-electron chi connectivity index (χ0n) is 25.1. The van der Waals surface area contributed by atoms with Gasteiger partial charge in [-0.2, -0.15) is 12.7 Å². The summed E-state index contributed by atoms with van der Waals surface area (Å²) in [6.45, 7) is 3.13. The Bertz CT molecular complexity index is 1700. The summed E-state index contributed by atoms with van der Waals surface area (Å²) in [5.41, 5.74) is 0.275. The van der Waals surface area contributed by atoms with Crippen LogP contribution in [0.4, 0.5) is 5.69 Å². The van der Waals surface area contributed by atoms with E-state index in [1.165, 1.54) is 17.2 Å². The van der Waals surface area contributed by atoms with E-state index >= 15 is 4.79 Å². The molecule has 12 heteroatoms. The topological polar surface area (TPSA) is 103 Å². The second-order valence-corrected chi connectivity index (χ2v) is 13.9. The van der Waals surface area contributed by atoms with Crippen molar-refractivity contribution in [2.45, 2.75) is 48.8 Å². The number of aromatic nitrogens is 1. The van der Waals surface area contributed by atoms with Crippen molar-refractivity contribution in [3.05, 3.63) is 82.5 Å². The molecule has 4 heterocycles. The number of methoxy groups -OCH3 is 1. The number of hydrogen-bond acceptors (Lipinski definition) is 8. The van der Waals surface area contributed by atoms with Gasteiger partial charge in [-0.1, -0.05) is 29.8 Å². The highest BCUT2D eigenvalue weighted by Crippen LogP contribution is 2.55. The predicted octanol–water partition coefficient (Wildman–Crippen LogP) is 3.87. The molecule has 3 aliphatic heterocycles. The number of anilines is 1. The van der Waals surface area contributed by atoms with Crippen molar-refractivity contribution in [3.63, 3.8) is 0 Å². The maximum atomic E-state index is 15.2. The summed E-state index contributed by atoms with van der Waals surface area (Å²) in [6, 6.07) is 14.3. The number of amides is 2. The lowest BCUT2D eigenvalue weighted by Gasteiger charge is -2.42. The highest BCUT2D eigenvalue weighted by molar-refractivity contribution is 7.93. The lowest BCUT2D eigenvalue weighted by Crippen LogP contribution is -2.59. The fourth-order valence-electron chi connectivity index (χ4n) is 6.93. The quantitative estimate of drug-likeness (QED) is 0.367. The molecule has 0 spiro atoms. The van der Waals surface area contributed by atoms with Crippen LogP contribution < -0.4 is 9.04 Å². The number of nitrogens with zero attached hydrogens (tertiary/aromatic N) is 5. The van der Waals surface area contributed by atoms with Crippen LogP contribution in [0.5, 0.6) is 5.75 Å². The Morgan fingerprint density at radius 3 is 2.50 bits per heavy atom. The van der Waals surface area contributed by atoms with Crippen molar-refractivity contribution >= 4 is 39.1 Å². The van der Waals surface area contributed by atoms with E-state index in [9.17, 15) is 13.2 Å². The summed E-state index contributed by atoms with van der Waals surface area (Å²) >= 11 is 6.59. The van der Waals surface area contributed by atoms with Crippen molar-refractivity contribution in [1.29, 1.82) is 0 Å². The van der Waals surface area contributed by atoms with Crippen LogP contribution in [0.3, 0.4) is 0 Å². The monoisotopic (exact) mass is 637 g/mol. The van der Waals surface area contributed by atoms with E-state index in [4.69, 9.17) is 16.3 Å². The Hall–Kier alpha value is -3.51. The molecule has 0 radical (unpaired) electrons. The average Bonchev–Trinajstić information content (AvgIpc) is 3.76. The number of sulfonamides is 1. The van der Waals surface area contributed by atoms with Crippen LogP contribution >= 0.6 is 11.6 Å². The first kappa shape index (κ1) is 30.5. The van der Waals surface area contributed by atoms with Crippen LogP contribution in [-0.2, 0) is 31.7 Å². The predicted molar refractivity (Wildman–Crippen MR) is 167 cm³/mol. The Morgan fingerprint density at radius 1 is 1.05 bits per heavy atom. The van der Waals surface area contributed by atoms with E-state index in [0.717, 1.165) is 42.3 Å². The molecule has 3 aliphatic rings. The third-order valence-corrected chi connectivity index (χ3v) is 10.7. The average molecular weight is 638 g/mol. The molecule has 10 nitrogen and oxygen atoms in total. The molecule has 0 saturated carbocycles. The van der Waals surface area contributed by atoms with E-state index in [1.54, 1.807) is 51.5 Å². The van der Waals surface area contributed by atoms with Gasteiger partial charge in [0.1, 0.15) is 5.75 Å². The van der Waals surface area contributed by atoms with Crippen LogP contribution in [-0.4, -0.2) is 86.8 Å². The summed E-state index contributed by atoms with van der Waals surface area (Å²) in [4.78, 5) is 38.7. The number of benzene rings is 2. The number of carbonyl (C=O) groups excluding carboxylic acids is 2. The van der Waals surface area contributed by atoms with Crippen LogP contribution in [0.25, 0.3) is 0 Å². The highest BCUT2D eigenvalue weighted by Gasteiger charge is 2.63. The van der Waals surface area contributed by atoms with E-state index < -0.39 is 27.5 Å². The van der Waals surface area contributed by atoms with Crippen molar-refractivity contribution in [3.8, 4) is 5.75 Å². The first-order chi connectivity index (χ1) is 21.1. The zero-order valence-corrected chi connectivity index (χ0v) is 26.6.